The van der Waals surface area contributed by atoms with Crippen LogP contribution < -0.4 is 0 Å². The first-order valence-electron chi connectivity index (χ1n) is 11.5. The van der Waals surface area contributed by atoms with Crippen LogP contribution in [0.2, 0.25) is 0 Å². The number of ether oxygens (including phenoxy) is 1. The van der Waals surface area contributed by atoms with Crippen molar-refractivity contribution in [2.45, 2.75) is 44.2 Å². The second-order valence-corrected chi connectivity index (χ2v) is 8.70. The van der Waals surface area contributed by atoms with Gasteiger partial charge in [0.25, 0.3) is 0 Å². The number of imidazole rings is 1. The lowest BCUT2D eigenvalue weighted by molar-refractivity contribution is -0.143. The Kier molecular flexibility index (Phi) is 5.62. The first-order valence-corrected chi connectivity index (χ1v) is 11.5. The van der Waals surface area contributed by atoms with E-state index in [0.29, 0.717) is 12.1 Å². The molecule has 0 bridgehead atoms. The van der Waals surface area contributed by atoms with Gasteiger partial charge < -0.3 is 14.4 Å². The molecule has 5 rings (SSSR count). The maximum absolute atomic E-state index is 13.3. The highest BCUT2D eigenvalue weighted by Gasteiger charge is 2.38. The minimum atomic E-state index is -1.14. The molecule has 2 aromatic carbocycles. The molecule has 1 N–H and O–H groups in total. The van der Waals surface area contributed by atoms with Crippen molar-refractivity contribution in [3.8, 4) is 11.1 Å². The molecular weight excluding hydrogens is 418 g/mol. The van der Waals surface area contributed by atoms with Crippen molar-refractivity contribution in [1.82, 2.24) is 14.5 Å². The van der Waals surface area contributed by atoms with Crippen LogP contribution in [0.1, 0.15) is 61.0 Å². The van der Waals surface area contributed by atoms with E-state index in [-0.39, 0.29) is 25.1 Å². The van der Waals surface area contributed by atoms with Crippen molar-refractivity contribution in [2.24, 2.45) is 0 Å². The van der Waals surface area contributed by atoms with Crippen LogP contribution >= 0.6 is 0 Å². The monoisotopic (exact) mass is 445 g/mol. The van der Waals surface area contributed by atoms with Crippen LogP contribution in [-0.2, 0) is 9.53 Å². The number of carbonyl (C=O) groups is 2. The van der Waals surface area contributed by atoms with Gasteiger partial charge in [0.2, 0.25) is 0 Å². The smallest absolute Gasteiger partial charge is 0.410 e. The summed E-state index contributed by atoms with van der Waals surface area (Å²) in [6.07, 6.45) is 5.20. The predicted octanol–water partition coefficient (Wildman–Crippen LogP) is 5.00. The van der Waals surface area contributed by atoms with Crippen LogP contribution in [0.5, 0.6) is 0 Å². The average molecular weight is 446 g/mol. The fraction of sp³-hybridized carbons (Fsp3) is 0.346. The van der Waals surface area contributed by atoms with Crippen LogP contribution in [0.15, 0.2) is 61.1 Å². The van der Waals surface area contributed by atoms with Gasteiger partial charge in [0.05, 0.1) is 18.2 Å². The quantitative estimate of drug-likeness (QED) is 0.527. The third-order valence-corrected chi connectivity index (χ3v) is 6.50. The van der Waals surface area contributed by atoms with Gasteiger partial charge in [-0.1, -0.05) is 55.5 Å². The van der Waals surface area contributed by atoms with Crippen molar-refractivity contribution in [3.63, 3.8) is 0 Å². The Morgan fingerprint density at radius 1 is 1.12 bits per heavy atom. The van der Waals surface area contributed by atoms with E-state index < -0.39 is 18.1 Å². The number of carboxylic acids is 1. The molecule has 0 spiro atoms. The Bertz CT molecular complexity index is 1140. The summed E-state index contributed by atoms with van der Waals surface area (Å²) in [7, 11) is 0. The highest BCUT2D eigenvalue weighted by Crippen LogP contribution is 2.44. The predicted molar refractivity (Wildman–Crippen MR) is 123 cm³/mol. The molecule has 1 fully saturated rings. The third-order valence-electron chi connectivity index (χ3n) is 6.50. The lowest BCUT2D eigenvalue weighted by Crippen LogP contribution is -2.41. The van der Waals surface area contributed by atoms with Gasteiger partial charge in [-0.3, -0.25) is 4.90 Å². The number of carboxylic acid groups (broad SMARTS) is 1. The molecule has 0 radical (unpaired) electrons. The van der Waals surface area contributed by atoms with Crippen LogP contribution in [0, 0.1) is 0 Å². The summed E-state index contributed by atoms with van der Waals surface area (Å²) in [6, 6.07) is 15.4. The molecular formula is C26H27N3O4. The van der Waals surface area contributed by atoms with E-state index in [1.165, 1.54) is 4.90 Å². The van der Waals surface area contributed by atoms with Crippen LogP contribution in [-0.4, -0.2) is 44.8 Å². The number of nitrogens with zero attached hydrogens (tertiary/aromatic N) is 3. The minimum Gasteiger partial charge on any atom is -0.479 e. The van der Waals surface area contributed by atoms with E-state index in [1.54, 1.807) is 12.5 Å². The van der Waals surface area contributed by atoms with Gasteiger partial charge in [0, 0.05) is 18.5 Å². The number of aromatic nitrogens is 2. The van der Waals surface area contributed by atoms with Gasteiger partial charge >= 0.3 is 12.1 Å². The minimum absolute atomic E-state index is 0.0786. The van der Waals surface area contributed by atoms with Crippen molar-refractivity contribution < 1.29 is 19.4 Å². The number of benzene rings is 2. The Morgan fingerprint density at radius 2 is 1.76 bits per heavy atom. The number of amides is 1. The molecule has 1 saturated carbocycles. The number of hydrogen-bond donors (Lipinski definition) is 1. The van der Waals surface area contributed by atoms with E-state index in [4.69, 9.17) is 4.74 Å². The molecule has 33 heavy (non-hydrogen) atoms. The van der Waals surface area contributed by atoms with Gasteiger partial charge in [-0.25, -0.2) is 14.6 Å². The van der Waals surface area contributed by atoms with Crippen LogP contribution in [0.25, 0.3) is 11.1 Å². The van der Waals surface area contributed by atoms with Crippen molar-refractivity contribution >= 4 is 12.1 Å². The zero-order valence-electron chi connectivity index (χ0n) is 18.6. The molecule has 3 aromatic rings. The molecule has 7 heteroatoms. The van der Waals surface area contributed by atoms with Crippen LogP contribution in [0.3, 0.4) is 0 Å². The summed E-state index contributed by atoms with van der Waals surface area (Å²) in [5, 5.41) is 10.1. The molecule has 1 heterocycles. The van der Waals surface area contributed by atoms with Gasteiger partial charge in [0.15, 0.2) is 6.04 Å². The Balaban J connectivity index is 1.39. The first-order chi connectivity index (χ1) is 16.1. The summed E-state index contributed by atoms with van der Waals surface area (Å²) >= 11 is 0. The van der Waals surface area contributed by atoms with Crippen molar-refractivity contribution in [1.29, 1.82) is 0 Å². The molecule has 1 unspecified atom stereocenters. The number of hydrogen-bond acceptors (Lipinski definition) is 4. The third kappa shape index (κ3) is 3.88. The summed E-state index contributed by atoms with van der Waals surface area (Å²) in [4.78, 5) is 31.1. The molecule has 2 aliphatic carbocycles. The summed E-state index contributed by atoms with van der Waals surface area (Å²) in [6.45, 7) is 2.35. The fourth-order valence-electron chi connectivity index (χ4n) is 4.85. The van der Waals surface area contributed by atoms with Gasteiger partial charge in [-0.2, -0.15) is 0 Å². The molecule has 7 nitrogen and oxygen atoms in total. The molecule has 170 valence electrons. The van der Waals surface area contributed by atoms with E-state index >= 15 is 0 Å². The highest BCUT2D eigenvalue weighted by molar-refractivity contribution is 5.82. The molecule has 1 amide bonds. The average Bonchev–Trinajstić information content (AvgIpc) is 3.47. The Labute approximate surface area is 192 Å². The van der Waals surface area contributed by atoms with Gasteiger partial charge in [0.1, 0.15) is 6.61 Å². The van der Waals surface area contributed by atoms with E-state index in [1.807, 2.05) is 35.8 Å². The van der Waals surface area contributed by atoms with Crippen LogP contribution in [0.4, 0.5) is 4.79 Å². The zero-order chi connectivity index (χ0) is 22.9. The van der Waals surface area contributed by atoms with Gasteiger partial charge in [-0.15, -0.1) is 0 Å². The maximum Gasteiger partial charge on any atom is 0.410 e. The Morgan fingerprint density at radius 3 is 2.33 bits per heavy atom. The zero-order valence-corrected chi connectivity index (χ0v) is 18.6. The highest BCUT2D eigenvalue weighted by atomic mass is 16.6. The SMILES string of the molecule is CCCN(C(=O)OCC1c2ccccc2-c2ccccc21)C(C(=O)O)c1cncn1C1CC1. The molecule has 1 atom stereocenters. The normalized spacial score (nSPS) is 15.5. The number of rotatable bonds is 8. The van der Waals surface area contributed by atoms with Gasteiger partial charge in [-0.05, 0) is 41.5 Å². The molecule has 1 aromatic heterocycles. The molecule has 2 aliphatic rings. The Hall–Kier alpha value is -3.61. The molecule has 0 saturated heterocycles. The largest absolute Gasteiger partial charge is 0.479 e. The lowest BCUT2D eigenvalue weighted by atomic mass is 9.98. The second kappa shape index (κ2) is 8.73. The second-order valence-electron chi connectivity index (χ2n) is 8.70. The van der Waals surface area contributed by atoms with E-state index in [2.05, 4.69) is 29.2 Å². The van der Waals surface area contributed by atoms with E-state index in [9.17, 15) is 14.7 Å². The van der Waals surface area contributed by atoms with E-state index in [0.717, 1.165) is 35.1 Å². The lowest BCUT2D eigenvalue weighted by Gasteiger charge is -2.29. The summed E-state index contributed by atoms with van der Waals surface area (Å²) in [5.41, 5.74) is 5.06. The first kappa shape index (κ1) is 21.2. The summed E-state index contributed by atoms with van der Waals surface area (Å²) < 4.78 is 7.68. The van der Waals surface area contributed by atoms with Crippen molar-refractivity contribution in [3.05, 3.63) is 77.9 Å². The summed E-state index contributed by atoms with van der Waals surface area (Å²) in [5.74, 6) is -1.16. The van der Waals surface area contributed by atoms with Crippen molar-refractivity contribution in [2.75, 3.05) is 13.2 Å². The number of aliphatic carboxylic acids is 1. The number of carbonyl (C=O) groups excluding carboxylic acids is 1. The fourth-order valence-corrected chi connectivity index (χ4v) is 4.85. The number of fused-ring (bicyclic) bond motifs is 3. The molecule has 0 aliphatic heterocycles. The topological polar surface area (TPSA) is 84.7 Å². The standard InChI is InChI=1S/C26H27N3O4/c1-2-13-28(24(25(30)31)23-14-27-16-29(23)17-11-12-17)26(32)33-15-22-20-9-5-3-7-18(20)19-8-4-6-10-21(19)22/h3-10,14,16-17,22,24H,2,11-13,15H2,1H3,(H,30,31). The maximum atomic E-state index is 13.3.